The van der Waals surface area contributed by atoms with Gasteiger partial charge < -0.3 is 4.74 Å². The van der Waals surface area contributed by atoms with E-state index in [4.69, 9.17) is 0 Å². The molecule has 0 amide bonds. The summed E-state index contributed by atoms with van der Waals surface area (Å²) < 4.78 is 6.09. The minimum atomic E-state index is -0.481. The fraction of sp³-hybridized carbons (Fsp3) is 0.250. The van der Waals surface area contributed by atoms with E-state index in [9.17, 15) is 4.79 Å². The van der Waals surface area contributed by atoms with Gasteiger partial charge in [-0.1, -0.05) is 5.21 Å². The number of carbonyl (C=O) groups excluding carboxylic acids is 1. The van der Waals surface area contributed by atoms with Crippen molar-refractivity contribution in [2.24, 2.45) is 0 Å². The minimum absolute atomic E-state index is 0.210. The Labute approximate surface area is 89.5 Å². The molecule has 0 bridgehead atoms. The Hall–Kier alpha value is -1.76. The highest BCUT2D eigenvalue weighted by atomic mass is 32.1. The maximum atomic E-state index is 11.1. The molecule has 6 nitrogen and oxygen atoms in total. The van der Waals surface area contributed by atoms with E-state index >= 15 is 0 Å². The van der Waals surface area contributed by atoms with Crippen molar-refractivity contribution in [3.05, 3.63) is 28.5 Å². The van der Waals surface area contributed by atoms with Crippen molar-refractivity contribution in [3.8, 4) is 0 Å². The van der Waals surface area contributed by atoms with Crippen LogP contribution in [-0.4, -0.2) is 33.1 Å². The van der Waals surface area contributed by atoms with Gasteiger partial charge in [-0.25, -0.2) is 9.48 Å². The van der Waals surface area contributed by atoms with Crippen LogP contribution in [0.25, 0.3) is 0 Å². The predicted octanol–water partition coefficient (Wildman–Crippen LogP) is 0.569. The van der Waals surface area contributed by atoms with Gasteiger partial charge in [-0.15, -0.1) is 16.4 Å². The van der Waals surface area contributed by atoms with Gasteiger partial charge in [0.05, 0.1) is 25.4 Å². The minimum Gasteiger partial charge on any atom is -0.464 e. The zero-order valence-corrected chi connectivity index (χ0v) is 8.77. The molecule has 0 radical (unpaired) electrons. The van der Waals surface area contributed by atoms with Gasteiger partial charge >= 0.3 is 5.97 Å². The normalized spacial score (nSPS) is 10.2. The molecule has 0 spiro atoms. The second kappa shape index (κ2) is 4.18. The first kappa shape index (κ1) is 9.78. The van der Waals surface area contributed by atoms with Crippen molar-refractivity contribution >= 4 is 17.3 Å². The van der Waals surface area contributed by atoms with Gasteiger partial charge in [0.1, 0.15) is 0 Å². The first-order valence-electron chi connectivity index (χ1n) is 4.15. The van der Waals surface area contributed by atoms with Crippen LogP contribution in [0, 0.1) is 0 Å². The summed E-state index contributed by atoms with van der Waals surface area (Å²) in [6.07, 6.45) is 3.30. The molecule has 0 aliphatic carbocycles. The molecule has 2 aromatic heterocycles. The summed E-state index contributed by atoms with van der Waals surface area (Å²) in [5.41, 5.74) is 1.95. The van der Waals surface area contributed by atoms with E-state index in [0.29, 0.717) is 6.54 Å². The van der Waals surface area contributed by atoms with Gasteiger partial charge in [0.15, 0.2) is 5.69 Å². The van der Waals surface area contributed by atoms with E-state index in [-0.39, 0.29) is 5.69 Å². The van der Waals surface area contributed by atoms with Crippen LogP contribution in [0.15, 0.2) is 17.9 Å². The fourth-order valence-electron chi connectivity index (χ4n) is 1.05. The lowest BCUT2D eigenvalue weighted by Crippen LogP contribution is -2.01. The average Bonchev–Trinajstić information content (AvgIpc) is 2.88. The lowest BCUT2D eigenvalue weighted by molar-refractivity contribution is 0.0594. The standard InChI is InChI=1S/C8H8N4O2S/c1-14-8(13)7-4-12(11-10-7)3-6-2-9-5-15-6/h2,4-5H,3H2,1H3. The molecule has 0 atom stereocenters. The molecular formula is C8H8N4O2S. The summed E-state index contributed by atoms with van der Waals surface area (Å²) in [7, 11) is 1.31. The van der Waals surface area contributed by atoms with E-state index in [1.807, 2.05) is 0 Å². The highest BCUT2D eigenvalue weighted by Crippen LogP contribution is 2.07. The molecule has 0 fully saturated rings. The van der Waals surface area contributed by atoms with E-state index in [2.05, 4.69) is 20.0 Å². The van der Waals surface area contributed by atoms with Crippen molar-refractivity contribution in [1.82, 2.24) is 20.0 Å². The summed E-state index contributed by atoms with van der Waals surface area (Å²) in [6, 6.07) is 0. The number of nitrogens with zero attached hydrogens (tertiary/aromatic N) is 4. The molecule has 0 N–H and O–H groups in total. The number of ether oxygens (including phenoxy) is 1. The van der Waals surface area contributed by atoms with Gasteiger partial charge in [0.2, 0.25) is 0 Å². The number of aromatic nitrogens is 4. The number of methoxy groups -OCH3 is 1. The summed E-state index contributed by atoms with van der Waals surface area (Å²) in [5.74, 6) is -0.481. The Bertz CT molecular complexity index is 451. The number of hydrogen-bond donors (Lipinski definition) is 0. The maximum absolute atomic E-state index is 11.1. The molecule has 0 aliphatic rings. The number of hydrogen-bond acceptors (Lipinski definition) is 6. The second-order valence-corrected chi connectivity index (χ2v) is 3.73. The lowest BCUT2D eigenvalue weighted by atomic mass is 10.5. The number of thiazole rings is 1. The first-order valence-corrected chi connectivity index (χ1v) is 5.03. The third kappa shape index (κ3) is 2.18. The zero-order valence-electron chi connectivity index (χ0n) is 7.95. The van der Waals surface area contributed by atoms with Crippen molar-refractivity contribution in [3.63, 3.8) is 0 Å². The summed E-state index contributed by atoms with van der Waals surface area (Å²) in [4.78, 5) is 16.1. The van der Waals surface area contributed by atoms with Crippen LogP contribution in [0.1, 0.15) is 15.4 Å². The Morgan fingerprint density at radius 1 is 1.67 bits per heavy atom. The zero-order chi connectivity index (χ0) is 10.7. The third-order valence-corrected chi connectivity index (χ3v) is 2.50. The summed E-state index contributed by atoms with van der Waals surface area (Å²) in [5, 5.41) is 7.49. The van der Waals surface area contributed by atoms with E-state index in [0.717, 1.165) is 4.88 Å². The van der Waals surface area contributed by atoms with Gasteiger partial charge in [0.25, 0.3) is 0 Å². The molecule has 0 unspecified atom stereocenters. The molecule has 2 heterocycles. The Balaban J connectivity index is 2.11. The van der Waals surface area contributed by atoms with Crippen LogP contribution in [-0.2, 0) is 11.3 Å². The Morgan fingerprint density at radius 3 is 3.20 bits per heavy atom. The number of esters is 1. The number of rotatable bonds is 3. The van der Waals surface area contributed by atoms with Crippen LogP contribution < -0.4 is 0 Å². The van der Waals surface area contributed by atoms with Gasteiger partial charge in [0, 0.05) is 11.1 Å². The van der Waals surface area contributed by atoms with E-state index < -0.39 is 5.97 Å². The molecule has 2 rings (SSSR count). The molecule has 7 heteroatoms. The van der Waals surface area contributed by atoms with Crippen molar-refractivity contribution < 1.29 is 9.53 Å². The van der Waals surface area contributed by atoms with Crippen LogP contribution in [0.4, 0.5) is 0 Å². The van der Waals surface area contributed by atoms with Crippen molar-refractivity contribution in [2.75, 3.05) is 7.11 Å². The third-order valence-electron chi connectivity index (χ3n) is 1.73. The molecule has 0 saturated heterocycles. The quantitative estimate of drug-likeness (QED) is 0.713. The summed E-state index contributed by atoms with van der Waals surface area (Å²) in [6.45, 7) is 0.564. The summed E-state index contributed by atoms with van der Waals surface area (Å²) >= 11 is 1.53. The molecule has 0 saturated carbocycles. The SMILES string of the molecule is COC(=O)c1cn(Cc2cncs2)nn1. The highest BCUT2D eigenvalue weighted by molar-refractivity contribution is 7.09. The molecule has 0 aromatic carbocycles. The first-order chi connectivity index (χ1) is 7.29. The molecular weight excluding hydrogens is 216 g/mol. The molecule has 0 aliphatic heterocycles. The topological polar surface area (TPSA) is 69.9 Å². The van der Waals surface area contributed by atoms with Crippen LogP contribution in [0.2, 0.25) is 0 Å². The Morgan fingerprint density at radius 2 is 2.53 bits per heavy atom. The van der Waals surface area contributed by atoms with Crippen LogP contribution in [0.5, 0.6) is 0 Å². The molecule has 78 valence electrons. The van der Waals surface area contributed by atoms with Crippen molar-refractivity contribution in [1.29, 1.82) is 0 Å². The lowest BCUT2D eigenvalue weighted by Gasteiger charge is -1.94. The molecule has 2 aromatic rings. The number of carbonyl (C=O) groups is 1. The fourth-order valence-corrected chi connectivity index (χ4v) is 1.64. The van der Waals surface area contributed by atoms with Gasteiger partial charge in [-0.2, -0.15) is 0 Å². The van der Waals surface area contributed by atoms with Crippen molar-refractivity contribution in [2.45, 2.75) is 6.54 Å². The smallest absolute Gasteiger partial charge is 0.360 e. The van der Waals surface area contributed by atoms with E-state index in [1.54, 1.807) is 22.6 Å². The van der Waals surface area contributed by atoms with Gasteiger partial charge in [-0.05, 0) is 0 Å². The highest BCUT2D eigenvalue weighted by Gasteiger charge is 2.10. The Kier molecular flexibility index (Phi) is 2.72. The van der Waals surface area contributed by atoms with E-state index in [1.165, 1.54) is 18.4 Å². The predicted molar refractivity (Wildman–Crippen MR) is 52.6 cm³/mol. The molecule has 15 heavy (non-hydrogen) atoms. The second-order valence-electron chi connectivity index (χ2n) is 2.76. The maximum Gasteiger partial charge on any atom is 0.360 e. The average molecular weight is 224 g/mol. The van der Waals surface area contributed by atoms with Crippen LogP contribution >= 0.6 is 11.3 Å². The largest absolute Gasteiger partial charge is 0.464 e. The van der Waals surface area contributed by atoms with Gasteiger partial charge in [-0.3, -0.25) is 4.98 Å². The van der Waals surface area contributed by atoms with Crippen LogP contribution in [0.3, 0.4) is 0 Å². The monoisotopic (exact) mass is 224 g/mol.